The molecule has 0 bridgehead atoms. The number of ether oxygens (including phenoxy) is 6. The van der Waals surface area contributed by atoms with Crippen molar-refractivity contribution in [3.8, 4) is 0 Å². The third kappa shape index (κ3) is 8.60. The molecule has 0 radical (unpaired) electrons. The number of rotatable bonds is 9. The van der Waals surface area contributed by atoms with E-state index in [-0.39, 0.29) is 5.56 Å². The molecule has 1 aromatic carbocycles. The lowest BCUT2D eigenvalue weighted by Crippen LogP contribution is -2.66. The molecule has 0 aromatic heterocycles. The first kappa shape index (κ1) is 28.2. The Labute approximate surface area is 209 Å². The van der Waals surface area contributed by atoms with Crippen LogP contribution in [0.4, 0.5) is 0 Å². The van der Waals surface area contributed by atoms with Gasteiger partial charge >= 0.3 is 23.9 Å². The van der Waals surface area contributed by atoms with Gasteiger partial charge in [-0.05, 0) is 24.3 Å². The molecular weight excluding hydrogens is 534 g/mol. The highest BCUT2D eigenvalue weighted by Gasteiger charge is 2.51. The number of hydrogen-bond acceptors (Lipinski definition) is 11. The molecular formula is C22H26BrNO11. The molecule has 1 aromatic rings. The number of halogens is 1. The largest absolute Gasteiger partial charge is 0.467 e. The highest BCUT2D eigenvalue weighted by Crippen LogP contribution is 2.28. The Bertz CT molecular complexity index is 936. The van der Waals surface area contributed by atoms with Gasteiger partial charge in [0, 0.05) is 30.8 Å². The molecule has 1 heterocycles. The molecule has 5 atom stereocenters. The molecule has 0 unspecified atom stereocenters. The van der Waals surface area contributed by atoms with Crippen molar-refractivity contribution in [1.82, 2.24) is 5.32 Å². The van der Waals surface area contributed by atoms with Gasteiger partial charge in [-0.15, -0.1) is 0 Å². The molecule has 12 nitrogen and oxygen atoms in total. The number of hydrogen-bond donors (Lipinski definition) is 1. The molecule has 35 heavy (non-hydrogen) atoms. The molecule has 192 valence electrons. The molecule has 1 fully saturated rings. The van der Waals surface area contributed by atoms with Crippen LogP contribution in [-0.4, -0.2) is 80.8 Å². The van der Waals surface area contributed by atoms with Crippen LogP contribution in [0.3, 0.4) is 0 Å². The van der Waals surface area contributed by atoms with Crippen LogP contribution in [0.2, 0.25) is 0 Å². The number of amides is 1. The lowest BCUT2D eigenvalue weighted by molar-refractivity contribution is -0.273. The van der Waals surface area contributed by atoms with Crippen LogP contribution in [-0.2, 0) is 47.6 Å². The van der Waals surface area contributed by atoms with Crippen LogP contribution in [0.25, 0.3) is 0 Å². The van der Waals surface area contributed by atoms with E-state index in [1.807, 2.05) is 0 Å². The Hall–Kier alpha value is -3.03. The van der Waals surface area contributed by atoms with Gasteiger partial charge < -0.3 is 33.7 Å². The van der Waals surface area contributed by atoms with Crippen LogP contribution in [0.15, 0.2) is 28.7 Å². The fourth-order valence-electron chi connectivity index (χ4n) is 3.25. The lowest BCUT2D eigenvalue weighted by Gasteiger charge is -2.44. The quantitative estimate of drug-likeness (QED) is 0.339. The predicted octanol–water partition coefficient (Wildman–Crippen LogP) is 0.889. The summed E-state index contributed by atoms with van der Waals surface area (Å²) in [6.45, 7) is 2.45. The number of carbonyl (C=O) groups excluding carboxylic acids is 5. The zero-order valence-corrected chi connectivity index (χ0v) is 21.1. The molecule has 1 aliphatic rings. The van der Waals surface area contributed by atoms with E-state index >= 15 is 0 Å². The third-order valence-corrected chi connectivity index (χ3v) is 5.24. The van der Waals surface area contributed by atoms with E-state index < -0.39 is 73.6 Å². The Morgan fingerprint density at radius 2 is 1.57 bits per heavy atom. The van der Waals surface area contributed by atoms with Crippen molar-refractivity contribution in [3.05, 3.63) is 34.3 Å². The number of methoxy groups -OCH3 is 1. The van der Waals surface area contributed by atoms with Crippen molar-refractivity contribution < 1.29 is 52.4 Å². The first-order chi connectivity index (χ1) is 16.5. The van der Waals surface area contributed by atoms with Crippen molar-refractivity contribution in [2.45, 2.75) is 51.4 Å². The number of esters is 4. The summed E-state index contributed by atoms with van der Waals surface area (Å²) in [7, 11) is 1.15. The fraction of sp³-hybridized carbons (Fsp3) is 0.500. The van der Waals surface area contributed by atoms with Gasteiger partial charge in [-0.3, -0.25) is 19.2 Å². The second-order valence-electron chi connectivity index (χ2n) is 7.39. The summed E-state index contributed by atoms with van der Waals surface area (Å²) in [4.78, 5) is 59.8. The summed E-state index contributed by atoms with van der Waals surface area (Å²) in [5.41, 5.74) is 0.257. The molecule has 0 spiro atoms. The molecule has 1 amide bonds. The first-order valence-corrected chi connectivity index (χ1v) is 11.2. The van der Waals surface area contributed by atoms with Gasteiger partial charge in [0.15, 0.2) is 6.10 Å². The second kappa shape index (κ2) is 13.2. The molecule has 1 saturated heterocycles. The molecule has 1 N–H and O–H groups in total. The van der Waals surface area contributed by atoms with Gasteiger partial charge in [0.2, 0.25) is 6.29 Å². The van der Waals surface area contributed by atoms with Crippen LogP contribution in [0.1, 0.15) is 31.1 Å². The van der Waals surface area contributed by atoms with Gasteiger partial charge in [0.1, 0.15) is 31.5 Å². The minimum Gasteiger partial charge on any atom is -0.467 e. The van der Waals surface area contributed by atoms with Gasteiger partial charge in [-0.1, -0.05) is 15.9 Å². The molecule has 1 aliphatic heterocycles. The van der Waals surface area contributed by atoms with E-state index in [0.29, 0.717) is 0 Å². The SMILES string of the molecule is COC(=O)CO[C@@H]1[C@H](NC(=O)c2ccc(Br)cc2)[C@H](OC(C)=O)O[C@H](COC(C)=O)[C@@H]1OC(C)=O. The van der Waals surface area contributed by atoms with Crippen LogP contribution < -0.4 is 5.32 Å². The smallest absolute Gasteiger partial charge is 0.331 e. The van der Waals surface area contributed by atoms with Gasteiger partial charge in [0.05, 0.1) is 7.11 Å². The van der Waals surface area contributed by atoms with Crippen molar-refractivity contribution >= 4 is 45.7 Å². The van der Waals surface area contributed by atoms with E-state index in [2.05, 4.69) is 26.0 Å². The van der Waals surface area contributed by atoms with Crippen molar-refractivity contribution in [2.24, 2.45) is 0 Å². The number of nitrogens with one attached hydrogen (secondary N) is 1. The van der Waals surface area contributed by atoms with E-state index in [1.54, 1.807) is 24.3 Å². The maximum atomic E-state index is 13.0. The third-order valence-electron chi connectivity index (χ3n) is 4.71. The summed E-state index contributed by atoms with van der Waals surface area (Å²) in [6, 6.07) is 5.15. The molecule has 0 saturated carbocycles. The summed E-state index contributed by atoms with van der Waals surface area (Å²) in [5, 5.41) is 2.66. The van der Waals surface area contributed by atoms with Crippen LogP contribution in [0, 0.1) is 0 Å². The van der Waals surface area contributed by atoms with E-state index in [1.165, 1.54) is 6.92 Å². The first-order valence-electron chi connectivity index (χ1n) is 10.4. The normalized spacial score (nSPS) is 23.5. The highest BCUT2D eigenvalue weighted by molar-refractivity contribution is 9.10. The van der Waals surface area contributed by atoms with E-state index in [0.717, 1.165) is 25.4 Å². The Kier molecular flexibility index (Phi) is 10.6. The standard InChI is InChI=1S/C22H26BrNO11/c1-11(25)31-9-16-19(33-12(2)26)20(32-10-17(28)30-4)18(22(35-16)34-13(3)27)24-21(29)14-5-7-15(23)8-6-14/h5-8,16,18-20,22H,9-10H2,1-4H3,(H,24,29)/t16-,18+,19+,20-,22-/m1/s1. The molecule has 2 rings (SSSR count). The Balaban J connectivity index is 2.45. The average Bonchev–Trinajstić information content (AvgIpc) is 2.78. The zero-order valence-electron chi connectivity index (χ0n) is 19.5. The van der Waals surface area contributed by atoms with Crippen molar-refractivity contribution in [1.29, 1.82) is 0 Å². The summed E-state index contributed by atoms with van der Waals surface area (Å²) in [5.74, 6) is -3.47. The fourth-order valence-corrected chi connectivity index (χ4v) is 3.51. The molecule has 13 heteroatoms. The lowest BCUT2D eigenvalue weighted by atomic mass is 9.95. The van der Waals surface area contributed by atoms with E-state index in [9.17, 15) is 24.0 Å². The van der Waals surface area contributed by atoms with Gasteiger partial charge in [-0.25, -0.2) is 4.79 Å². The minimum atomic E-state index is -1.44. The molecule has 0 aliphatic carbocycles. The maximum absolute atomic E-state index is 13.0. The zero-order chi connectivity index (χ0) is 26.1. The van der Waals surface area contributed by atoms with E-state index in [4.69, 9.17) is 23.7 Å². The van der Waals surface area contributed by atoms with Crippen molar-refractivity contribution in [3.63, 3.8) is 0 Å². The summed E-state index contributed by atoms with van der Waals surface area (Å²) >= 11 is 3.29. The average molecular weight is 560 g/mol. The minimum absolute atomic E-state index is 0.257. The maximum Gasteiger partial charge on any atom is 0.331 e. The summed E-state index contributed by atoms with van der Waals surface area (Å²) in [6.07, 6.45) is -5.13. The predicted molar refractivity (Wildman–Crippen MR) is 120 cm³/mol. The monoisotopic (exact) mass is 559 g/mol. The number of benzene rings is 1. The number of carbonyl (C=O) groups is 5. The van der Waals surface area contributed by atoms with Crippen LogP contribution in [0.5, 0.6) is 0 Å². The van der Waals surface area contributed by atoms with Crippen LogP contribution >= 0.6 is 15.9 Å². The summed E-state index contributed by atoms with van der Waals surface area (Å²) < 4.78 is 32.4. The highest BCUT2D eigenvalue weighted by atomic mass is 79.9. The van der Waals surface area contributed by atoms with Crippen molar-refractivity contribution in [2.75, 3.05) is 20.3 Å². The van der Waals surface area contributed by atoms with Gasteiger partial charge in [0.25, 0.3) is 5.91 Å². The Morgan fingerprint density at radius 1 is 0.943 bits per heavy atom. The second-order valence-corrected chi connectivity index (χ2v) is 8.30. The Morgan fingerprint density at radius 3 is 2.11 bits per heavy atom. The van der Waals surface area contributed by atoms with Gasteiger partial charge in [-0.2, -0.15) is 0 Å². The topological polar surface area (TPSA) is 153 Å².